The van der Waals surface area contributed by atoms with E-state index in [1.807, 2.05) is 0 Å². The zero-order valence-corrected chi connectivity index (χ0v) is 17.2. The van der Waals surface area contributed by atoms with Crippen LogP contribution in [0, 0.1) is 5.92 Å². The molecule has 3 atom stereocenters. The highest BCUT2D eigenvalue weighted by molar-refractivity contribution is 5.98. The summed E-state index contributed by atoms with van der Waals surface area (Å²) in [6, 6.07) is 7.42. The fraction of sp³-hybridized carbons (Fsp3) is 0.571. The van der Waals surface area contributed by atoms with Crippen LogP contribution in [0.3, 0.4) is 0 Å². The molecule has 4 rings (SSSR count). The van der Waals surface area contributed by atoms with Crippen LogP contribution < -0.4 is 15.5 Å². The van der Waals surface area contributed by atoms with Crippen molar-refractivity contribution >= 4 is 23.3 Å². The van der Waals surface area contributed by atoms with Crippen molar-refractivity contribution in [3.05, 3.63) is 24.3 Å². The van der Waals surface area contributed by atoms with Crippen LogP contribution in [0.1, 0.15) is 39.5 Å². The normalized spacial score (nSPS) is 25.9. The van der Waals surface area contributed by atoms with Gasteiger partial charge in [0.2, 0.25) is 5.91 Å². The number of carbonyl (C=O) groups excluding carboxylic acids is 2. The van der Waals surface area contributed by atoms with Gasteiger partial charge in [-0.3, -0.25) is 15.0 Å². The molecular weight excluding hydrogens is 370 g/mol. The van der Waals surface area contributed by atoms with E-state index in [1.165, 1.54) is 0 Å². The highest BCUT2D eigenvalue weighted by Gasteiger charge is 2.51. The number of amides is 2. The van der Waals surface area contributed by atoms with Crippen molar-refractivity contribution in [2.24, 2.45) is 11.0 Å². The number of fused-ring (bicyclic) bond motifs is 3. The molecule has 1 aliphatic carbocycles. The summed E-state index contributed by atoms with van der Waals surface area (Å²) in [6.45, 7) is 4.24. The van der Waals surface area contributed by atoms with E-state index in [4.69, 9.17) is 4.74 Å². The quantitative estimate of drug-likeness (QED) is 0.791. The van der Waals surface area contributed by atoms with Crippen molar-refractivity contribution in [1.82, 2.24) is 15.2 Å². The summed E-state index contributed by atoms with van der Waals surface area (Å²) < 4.78 is 5.15. The standard InChI is InChI=1S/C21H29N5O3/c1-13(2)19-23-24-20-21(28)25(16-6-4-5-7-17(16)26(19)20)12-18(27)22-14-8-10-15(29-3)11-9-14/h8-11,13,16-17,20,24H,4-7,12H2,1-3H3,(H,22,27). The third kappa shape index (κ3) is 3.63. The summed E-state index contributed by atoms with van der Waals surface area (Å²) in [5.41, 5.74) is 3.70. The SMILES string of the molecule is COc1ccc(NC(=O)CN2C(=O)C3NN=C(C(C)C)N3C3CCCCC32)cc1. The first-order chi connectivity index (χ1) is 14.0. The molecule has 0 radical (unpaired) electrons. The van der Waals surface area contributed by atoms with Gasteiger partial charge in [0, 0.05) is 11.6 Å². The summed E-state index contributed by atoms with van der Waals surface area (Å²) in [6.07, 6.45) is 3.64. The zero-order valence-electron chi connectivity index (χ0n) is 17.2. The van der Waals surface area contributed by atoms with Crippen LogP contribution >= 0.6 is 0 Å². The van der Waals surface area contributed by atoms with Crippen LogP contribution in [-0.2, 0) is 9.59 Å². The Hall–Kier alpha value is -2.77. The molecule has 2 heterocycles. The van der Waals surface area contributed by atoms with Gasteiger partial charge < -0.3 is 19.9 Å². The van der Waals surface area contributed by atoms with Crippen molar-refractivity contribution in [3.8, 4) is 5.75 Å². The van der Waals surface area contributed by atoms with E-state index in [1.54, 1.807) is 36.3 Å². The van der Waals surface area contributed by atoms with E-state index in [2.05, 4.69) is 34.6 Å². The third-order valence-corrected chi connectivity index (χ3v) is 6.02. The van der Waals surface area contributed by atoms with Crippen LogP contribution in [0.25, 0.3) is 0 Å². The van der Waals surface area contributed by atoms with Gasteiger partial charge in [-0.05, 0) is 37.1 Å². The molecule has 1 aromatic carbocycles. The van der Waals surface area contributed by atoms with Gasteiger partial charge in [-0.25, -0.2) is 0 Å². The van der Waals surface area contributed by atoms with Gasteiger partial charge in [-0.2, -0.15) is 5.10 Å². The Morgan fingerprint density at radius 1 is 1.24 bits per heavy atom. The topological polar surface area (TPSA) is 86.3 Å². The van der Waals surface area contributed by atoms with E-state index < -0.39 is 6.17 Å². The Bertz CT molecular complexity index is 807. The summed E-state index contributed by atoms with van der Waals surface area (Å²) >= 11 is 0. The number of carbonyl (C=O) groups is 2. The van der Waals surface area contributed by atoms with Crippen molar-refractivity contribution in [1.29, 1.82) is 0 Å². The number of hydrazone groups is 1. The number of ether oxygens (including phenoxy) is 1. The molecule has 1 saturated carbocycles. The first-order valence-electron chi connectivity index (χ1n) is 10.4. The number of rotatable bonds is 5. The minimum absolute atomic E-state index is 0.0398. The molecule has 8 nitrogen and oxygen atoms in total. The van der Waals surface area contributed by atoms with E-state index in [0.29, 0.717) is 5.69 Å². The van der Waals surface area contributed by atoms with Gasteiger partial charge >= 0.3 is 0 Å². The summed E-state index contributed by atoms with van der Waals surface area (Å²) in [5, 5.41) is 7.34. The van der Waals surface area contributed by atoms with Gasteiger partial charge in [0.15, 0.2) is 6.17 Å². The second-order valence-corrected chi connectivity index (χ2v) is 8.23. The van der Waals surface area contributed by atoms with Crippen LogP contribution in [0.5, 0.6) is 5.75 Å². The molecule has 2 N–H and O–H groups in total. The average molecular weight is 399 g/mol. The number of hydrogen-bond donors (Lipinski definition) is 2. The lowest BCUT2D eigenvalue weighted by atomic mass is 9.85. The molecule has 8 heteroatoms. The number of anilines is 1. The number of amidine groups is 1. The predicted octanol–water partition coefficient (Wildman–Crippen LogP) is 1.99. The van der Waals surface area contributed by atoms with Gasteiger partial charge in [0.1, 0.15) is 18.1 Å². The van der Waals surface area contributed by atoms with Crippen molar-refractivity contribution in [2.75, 3.05) is 19.0 Å². The third-order valence-electron chi connectivity index (χ3n) is 6.02. The van der Waals surface area contributed by atoms with Crippen molar-refractivity contribution in [2.45, 2.75) is 57.8 Å². The highest BCUT2D eigenvalue weighted by atomic mass is 16.5. The Labute approximate surface area is 171 Å². The average Bonchev–Trinajstić information content (AvgIpc) is 3.17. The minimum atomic E-state index is -0.500. The molecular formula is C21H29N5O3. The molecule has 3 unspecified atom stereocenters. The zero-order chi connectivity index (χ0) is 20.5. The molecule has 2 fully saturated rings. The molecule has 0 bridgehead atoms. The fourth-order valence-electron chi connectivity index (χ4n) is 4.67. The second-order valence-electron chi connectivity index (χ2n) is 8.23. The maximum absolute atomic E-state index is 13.3. The molecule has 156 valence electrons. The minimum Gasteiger partial charge on any atom is -0.497 e. The molecule has 3 aliphatic rings. The number of benzene rings is 1. The fourth-order valence-corrected chi connectivity index (χ4v) is 4.67. The number of nitrogens with one attached hydrogen (secondary N) is 2. The number of hydrogen-bond acceptors (Lipinski definition) is 6. The van der Waals surface area contributed by atoms with Gasteiger partial charge in [-0.15, -0.1) is 0 Å². The first kappa shape index (κ1) is 19.5. The van der Waals surface area contributed by atoms with E-state index in [-0.39, 0.29) is 36.4 Å². The van der Waals surface area contributed by atoms with Crippen LogP contribution in [0.4, 0.5) is 5.69 Å². The first-order valence-corrected chi connectivity index (χ1v) is 10.4. The number of methoxy groups -OCH3 is 1. The van der Waals surface area contributed by atoms with Crippen LogP contribution in [0.2, 0.25) is 0 Å². The van der Waals surface area contributed by atoms with E-state index in [9.17, 15) is 9.59 Å². The maximum atomic E-state index is 13.3. The van der Waals surface area contributed by atoms with E-state index >= 15 is 0 Å². The summed E-state index contributed by atoms with van der Waals surface area (Å²) in [5.74, 6) is 1.66. The largest absolute Gasteiger partial charge is 0.497 e. The Morgan fingerprint density at radius 2 is 1.93 bits per heavy atom. The monoisotopic (exact) mass is 399 g/mol. The van der Waals surface area contributed by atoms with Gasteiger partial charge in [-0.1, -0.05) is 26.7 Å². The van der Waals surface area contributed by atoms with E-state index in [0.717, 1.165) is 37.3 Å². The van der Waals surface area contributed by atoms with Gasteiger partial charge in [0.05, 0.1) is 19.2 Å². The number of piperazine rings is 1. The Kier molecular flexibility index (Phi) is 5.34. The molecule has 2 amide bonds. The molecule has 0 spiro atoms. The molecule has 29 heavy (non-hydrogen) atoms. The van der Waals surface area contributed by atoms with Crippen molar-refractivity contribution in [3.63, 3.8) is 0 Å². The molecule has 2 aliphatic heterocycles. The Morgan fingerprint density at radius 3 is 2.59 bits per heavy atom. The van der Waals surface area contributed by atoms with Gasteiger partial charge in [0.25, 0.3) is 5.91 Å². The lowest BCUT2D eigenvalue weighted by Gasteiger charge is -2.51. The lowest BCUT2D eigenvalue weighted by molar-refractivity contribution is -0.151. The predicted molar refractivity (Wildman–Crippen MR) is 110 cm³/mol. The highest BCUT2D eigenvalue weighted by Crippen LogP contribution is 2.35. The molecule has 1 aromatic rings. The Balaban J connectivity index is 1.50. The molecule has 0 aromatic heterocycles. The number of nitrogens with zero attached hydrogens (tertiary/aromatic N) is 3. The smallest absolute Gasteiger partial charge is 0.268 e. The van der Waals surface area contributed by atoms with Crippen molar-refractivity contribution < 1.29 is 14.3 Å². The van der Waals surface area contributed by atoms with Crippen LogP contribution in [0.15, 0.2) is 29.4 Å². The second kappa shape index (κ2) is 7.93. The van der Waals surface area contributed by atoms with Crippen LogP contribution in [-0.4, -0.2) is 59.4 Å². The summed E-state index contributed by atoms with van der Waals surface area (Å²) in [4.78, 5) is 29.9. The summed E-state index contributed by atoms with van der Waals surface area (Å²) in [7, 11) is 1.60. The maximum Gasteiger partial charge on any atom is 0.268 e. The lowest BCUT2D eigenvalue weighted by Crippen LogP contribution is -2.70. The molecule has 1 saturated heterocycles.